The monoisotopic (exact) mass is 248 g/mol. The van der Waals surface area contributed by atoms with E-state index in [0.29, 0.717) is 12.4 Å². The average molecular weight is 248 g/mol. The molecule has 96 valence electrons. The van der Waals surface area contributed by atoms with E-state index in [0.717, 1.165) is 18.6 Å². The fourth-order valence-corrected chi connectivity index (χ4v) is 1.25. The summed E-state index contributed by atoms with van der Waals surface area (Å²) in [6.07, 6.45) is -3.56. The Labute approximate surface area is 98.0 Å². The zero-order chi connectivity index (χ0) is 12.9. The van der Waals surface area contributed by atoms with Gasteiger partial charge in [-0.25, -0.2) is 0 Å². The molecule has 0 aliphatic carbocycles. The third kappa shape index (κ3) is 4.26. The molecule has 0 aromatic heterocycles. The predicted octanol–water partition coefficient (Wildman–Crippen LogP) is 3.10. The molecule has 0 aliphatic heterocycles. The Hall–Kier alpha value is -1.23. The van der Waals surface area contributed by atoms with Crippen LogP contribution in [0.4, 0.5) is 13.2 Å². The minimum absolute atomic E-state index is 0.0110. The molecule has 1 rings (SSSR count). The van der Waals surface area contributed by atoms with Gasteiger partial charge in [0.15, 0.2) is 0 Å². The van der Waals surface area contributed by atoms with Crippen molar-refractivity contribution in [3.8, 4) is 5.75 Å². The smallest absolute Gasteiger partial charge is 0.416 e. The summed E-state index contributed by atoms with van der Waals surface area (Å²) in [7, 11) is 0. The van der Waals surface area contributed by atoms with Crippen LogP contribution in [0.2, 0.25) is 0 Å². The van der Waals surface area contributed by atoms with Crippen LogP contribution in [-0.4, -0.2) is 18.3 Å². The predicted molar refractivity (Wildman–Crippen MR) is 57.8 cm³/mol. The van der Waals surface area contributed by atoms with E-state index in [1.807, 2.05) is 6.92 Å². The SMILES string of the molecule is CCC(CO)COc1ccc(C(F)(F)F)cc1. The van der Waals surface area contributed by atoms with E-state index in [1.165, 1.54) is 12.1 Å². The molecular weight excluding hydrogens is 233 g/mol. The lowest BCUT2D eigenvalue weighted by Crippen LogP contribution is -2.15. The maximum atomic E-state index is 12.3. The topological polar surface area (TPSA) is 29.5 Å². The molecule has 1 N–H and O–H groups in total. The molecule has 0 saturated heterocycles. The zero-order valence-corrected chi connectivity index (χ0v) is 9.50. The number of hydrogen-bond acceptors (Lipinski definition) is 2. The summed E-state index contributed by atoms with van der Waals surface area (Å²) in [6.45, 7) is 2.23. The Morgan fingerprint density at radius 2 is 1.82 bits per heavy atom. The van der Waals surface area contributed by atoms with Crippen LogP contribution in [0, 0.1) is 5.92 Å². The van der Waals surface area contributed by atoms with E-state index in [1.54, 1.807) is 0 Å². The Morgan fingerprint density at radius 3 is 2.24 bits per heavy atom. The normalized spacial score (nSPS) is 13.5. The van der Waals surface area contributed by atoms with Crippen molar-refractivity contribution in [1.82, 2.24) is 0 Å². The van der Waals surface area contributed by atoms with Crippen LogP contribution < -0.4 is 4.74 Å². The molecular formula is C12H15F3O2. The number of ether oxygens (including phenoxy) is 1. The average Bonchev–Trinajstić information content (AvgIpc) is 2.30. The van der Waals surface area contributed by atoms with Crippen molar-refractivity contribution in [2.45, 2.75) is 19.5 Å². The van der Waals surface area contributed by atoms with E-state index in [2.05, 4.69) is 0 Å². The summed E-state index contributed by atoms with van der Waals surface area (Å²) in [5.41, 5.74) is -0.695. The summed E-state index contributed by atoms with van der Waals surface area (Å²) < 4.78 is 42.1. The van der Waals surface area contributed by atoms with Crippen LogP contribution in [0.15, 0.2) is 24.3 Å². The van der Waals surface area contributed by atoms with Crippen molar-refractivity contribution in [3.63, 3.8) is 0 Å². The van der Waals surface area contributed by atoms with Crippen molar-refractivity contribution in [3.05, 3.63) is 29.8 Å². The van der Waals surface area contributed by atoms with Crippen molar-refractivity contribution in [1.29, 1.82) is 0 Å². The molecule has 0 heterocycles. The number of aliphatic hydroxyl groups is 1. The first-order valence-corrected chi connectivity index (χ1v) is 5.38. The van der Waals surface area contributed by atoms with Gasteiger partial charge in [0.1, 0.15) is 5.75 Å². The second-order valence-corrected chi connectivity index (χ2v) is 3.79. The van der Waals surface area contributed by atoms with Crippen LogP contribution in [0.25, 0.3) is 0 Å². The van der Waals surface area contributed by atoms with E-state index in [-0.39, 0.29) is 12.5 Å². The number of alkyl halides is 3. The molecule has 1 atom stereocenters. The third-order valence-corrected chi connectivity index (χ3v) is 2.50. The largest absolute Gasteiger partial charge is 0.493 e. The van der Waals surface area contributed by atoms with Gasteiger partial charge in [-0.1, -0.05) is 6.92 Å². The van der Waals surface area contributed by atoms with Gasteiger partial charge in [0.25, 0.3) is 0 Å². The molecule has 0 saturated carbocycles. The first kappa shape index (κ1) is 13.8. The molecule has 0 fully saturated rings. The number of benzene rings is 1. The Bertz CT molecular complexity index is 329. The number of rotatable bonds is 5. The minimum Gasteiger partial charge on any atom is -0.493 e. The van der Waals surface area contributed by atoms with Crippen LogP contribution in [0.1, 0.15) is 18.9 Å². The van der Waals surface area contributed by atoms with Gasteiger partial charge < -0.3 is 9.84 Å². The molecule has 0 radical (unpaired) electrons. The van der Waals surface area contributed by atoms with Crippen molar-refractivity contribution >= 4 is 0 Å². The first-order chi connectivity index (χ1) is 7.97. The van der Waals surface area contributed by atoms with Gasteiger partial charge in [-0.05, 0) is 30.7 Å². The van der Waals surface area contributed by atoms with Gasteiger partial charge in [0.2, 0.25) is 0 Å². The first-order valence-electron chi connectivity index (χ1n) is 5.38. The Kier molecular flexibility index (Phi) is 4.81. The fourth-order valence-electron chi connectivity index (χ4n) is 1.25. The van der Waals surface area contributed by atoms with Crippen molar-refractivity contribution in [2.75, 3.05) is 13.2 Å². The molecule has 1 aromatic carbocycles. The van der Waals surface area contributed by atoms with Gasteiger partial charge >= 0.3 is 6.18 Å². The molecule has 1 unspecified atom stereocenters. The maximum absolute atomic E-state index is 12.3. The highest BCUT2D eigenvalue weighted by Crippen LogP contribution is 2.30. The molecule has 5 heteroatoms. The lowest BCUT2D eigenvalue weighted by atomic mass is 10.1. The highest BCUT2D eigenvalue weighted by atomic mass is 19.4. The van der Waals surface area contributed by atoms with Crippen molar-refractivity contribution in [2.24, 2.45) is 5.92 Å². The summed E-state index contributed by atoms with van der Waals surface area (Å²) in [5, 5.41) is 8.93. The number of hydrogen-bond donors (Lipinski definition) is 1. The summed E-state index contributed by atoms with van der Waals surface area (Å²) in [4.78, 5) is 0. The van der Waals surface area contributed by atoms with Crippen LogP contribution >= 0.6 is 0 Å². The quantitative estimate of drug-likeness (QED) is 0.867. The molecule has 0 amide bonds. The van der Waals surface area contributed by atoms with Crippen LogP contribution in [-0.2, 0) is 6.18 Å². The zero-order valence-electron chi connectivity index (χ0n) is 9.50. The minimum atomic E-state index is -4.32. The lowest BCUT2D eigenvalue weighted by Gasteiger charge is -2.13. The second kappa shape index (κ2) is 5.91. The lowest BCUT2D eigenvalue weighted by molar-refractivity contribution is -0.137. The Balaban J connectivity index is 2.57. The standard InChI is InChI=1S/C12H15F3O2/c1-2-9(7-16)8-17-11-5-3-10(4-6-11)12(13,14)15/h3-6,9,16H,2,7-8H2,1H3. The second-order valence-electron chi connectivity index (χ2n) is 3.79. The van der Waals surface area contributed by atoms with Gasteiger partial charge in [-0.15, -0.1) is 0 Å². The highest BCUT2D eigenvalue weighted by molar-refractivity contribution is 5.28. The summed E-state index contributed by atoms with van der Waals surface area (Å²) >= 11 is 0. The molecule has 0 aliphatic rings. The highest BCUT2D eigenvalue weighted by Gasteiger charge is 2.29. The third-order valence-electron chi connectivity index (χ3n) is 2.50. The van der Waals surface area contributed by atoms with E-state index >= 15 is 0 Å². The van der Waals surface area contributed by atoms with Gasteiger partial charge in [0, 0.05) is 12.5 Å². The molecule has 1 aromatic rings. The van der Waals surface area contributed by atoms with E-state index in [9.17, 15) is 13.2 Å². The van der Waals surface area contributed by atoms with E-state index < -0.39 is 11.7 Å². The van der Waals surface area contributed by atoms with Crippen LogP contribution in [0.5, 0.6) is 5.75 Å². The van der Waals surface area contributed by atoms with Gasteiger partial charge in [-0.2, -0.15) is 13.2 Å². The fraction of sp³-hybridized carbons (Fsp3) is 0.500. The van der Waals surface area contributed by atoms with Gasteiger partial charge in [-0.3, -0.25) is 0 Å². The van der Waals surface area contributed by atoms with Crippen LogP contribution in [0.3, 0.4) is 0 Å². The summed E-state index contributed by atoms with van der Waals surface area (Å²) in [6, 6.07) is 4.53. The molecule has 0 spiro atoms. The molecule has 17 heavy (non-hydrogen) atoms. The number of halogens is 3. The van der Waals surface area contributed by atoms with E-state index in [4.69, 9.17) is 9.84 Å². The Morgan fingerprint density at radius 1 is 1.24 bits per heavy atom. The maximum Gasteiger partial charge on any atom is 0.416 e. The van der Waals surface area contributed by atoms with Gasteiger partial charge in [0.05, 0.1) is 12.2 Å². The summed E-state index contributed by atoms with van der Waals surface area (Å²) in [5.74, 6) is 0.391. The number of aliphatic hydroxyl groups excluding tert-OH is 1. The molecule has 0 bridgehead atoms. The van der Waals surface area contributed by atoms with Crippen molar-refractivity contribution < 1.29 is 23.0 Å². The molecule has 2 nitrogen and oxygen atoms in total.